The molecule has 0 aliphatic carbocycles. The molecule has 30 heavy (non-hydrogen) atoms. The van der Waals surface area contributed by atoms with Crippen LogP contribution in [0.5, 0.6) is 11.5 Å². The maximum absolute atomic E-state index is 12.6. The molecule has 0 saturated heterocycles. The summed E-state index contributed by atoms with van der Waals surface area (Å²) in [6, 6.07) is 13.0. The third-order valence-corrected chi connectivity index (χ3v) is 4.54. The van der Waals surface area contributed by atoms with Crippen molar-refractivity contribution in [1.82, 2.24) is 14.9 Å². The van der Waals surface area contributed by atoms with Crippen LogP contribution in [0.4, 0.5) is 0 Å². The van der Waals surface area contributed by atoms with Crippen LogP contribution in [0.2, 0.25) is 0 Å². The van der Waals surface area contributed by atoms with Crippen LogP contribution in [0.15, 0.2) is 47.3 Å². The van der Waals surface area contributed by atoms with Gasteiger partial charge in [0.25, 0.3) is 5.56 Å². The molecule has 0 aliphatic rings. The van der Waals surface area contributed by atoms with E-state index in [1.807, 2.05) is 35.2 Å². The molecule has 1 heterocycles. The van der Waals surface area contributed by atoms with Gasteiger partial charge in [0.15, 0.2) is 11.5 Å². The van der Waals surface area contributed by atoms with Crippen LogP contribution in [0.3, 0.4) is 0 Å². The lowest BCUT2D eigenvalue weighted by Crippen LogP contribution is -2.31. The van der Waals surface area contributed by atoms with Crippen molar-refractivity contribution >= 4 is 16.9 Å². The van der Waals surface area contributed by atoms with E-state index in [2.05, 4.69) is 9.97 Å². The van der Waals surface area contributed by atoms with Gasteiger partial charge in [0.05, 0.1) is 44.8 Å². The summed E-state index contributed by atoms with van der Waals surface area (Å²) >= 11 is 0. The van der Waals surface area contributed by atoms with Crippen molar-refractivity contribution < 1.29 is 19.0 Å². The number of nitrogens with zero attached hydrogens (tertiary/aromatic N) is 2. The summed E-state index contributed by atoms with van der Waals surface area (Å²) in [4.78, 5) is 34.0. The fraction of sp³-hybridized carbons (Fsp3) is 0.318. The highest BCUT2D eigenvalue weighted by Crippen LogP contribution is 2.30. The first-order chi connectivity index (χ1) is 14.5. The van der Waals surface area contributed by atoms with Gasteiger partial charge in [0, 0.05) is 12.6 Å². The van der Waals surface area contributed by atoms with Gasteiger partial charge in [-0.05, 0) is 18.6 Å². The molecular formula is C22H25N3O5. The molecule has 1 aromatic heterocycles. The van der Waals surface area contributed by atoms with E-state index in [-0.39, 0.29) is 24.6 Å². The Morgan fingerprint density at radius 2 is 1.77 bits per heavy atom. The van der Waals surface area contributed by atoms with Gasteiger partial charge >= 0.3 is 5.97 Å². The topological polar surface area (TPSA) is 93.8 Å². The minimum atomic E-state index is -0.331. The quantitative estimate of drug-likeness (QED) is 0.541. The SMILES string of the molecule is CCOC(=O)CN(Cc1ccccc1)Cc1nc2cc(OC)c(OC)cc2c(=O)[nH]1. The summed E-state index contributed by atoms with van der Waals surface area (Å²) in [6.45, 7) is 2.94. The summed E-state index contributed by atoms with van der Waals surface area (Å²) in [6.07, 6.45) is 0. The highest BCUT2D eigenvalue weighted by atomic mass is 16.5. The summed E-state index contributed by atoms with van der Waals surface area (Å²) in [5, 5.41) is 0.399. The van der Waals surface area contributed by atoms with Gasteiger partial charge in [-0.3, -0.25) is 14.5 Å². The molecule has 8 heteroatoms. The largest absolute Gasteiger partial charge is 0.493 e. The molecule has 3 rings (SSSR count). The standard InChI is InChI=1S/C22H25N3O5/c1-4-30-21(26)14-25(12-15-8-6-5-7-9-15)13-20-23-17-11-19(29-3)18(28-2)10-16(17)22(27)24-20/h5-11H,4,12-14H2,1-3H3,(H,23,24,27). The van der Waals surface area contributed by atoms with E-state index in [0.717, 1.165) is 5.56 Å². The summed E-state index contributed by atoms with van der Waals surface area (Å²) in [5.74, 6) is 1.06. The van der Waals surface area contributed by atoms with Gasteiger partial charge in [0.2, 0.25) is 0 Å². The Morgan fingerprint density at radius 1 is 1.07 bits per heavy atom. The van der Waals surface area contributed by atoms with Gasteiger partial charge in [-0.15, -0.1) is 0 Å². The number of H-pyrrole nitrogens is 1. The Bertz CT molecular complexity index is 1070. The van der Waals surface area contributed by atoms with Crippen LogP contribution in [-0.2, 0) is 22.6 Å². The third-order valence-electron chi connectivity index (χ3n) is 4.54. The monoisotopic (exact) mass is 411 g/mol. The van der Waals surface area contributed by atoms with E-state index in [1.165, 1.54) is 14.2 Å². The number of esters is 1. The molecule has 0 amide bonds. The van der Waals surface area contributed by atoms with Crippen molar-refractivity contribution in [1.29, 1.82) is 0 Å². The number of benzene rings is 2. The molecule has 0 spiro atoms. The van der Waals surface area contributed by atoms with Crippen molar-refractivity contribution in [2.24, 2.45) is 0 Å². The molecule has 8 nitrogen and oxygen atoms in total. The summed E-state index contributed by atoms with van der Waals surface area (Å²) in [7, 11) is 3.04. The van der Waals surface area contributed by atoms with Gasteiger partial charge in [0.1, 0.15) is 5.82 Å². The number of hydrogen-bond donors (Lipinski definition) is 1. The summed E-state index contributed by atoms with van der Waals surface area (Å²) in [5.41, 5.74) is 1.24. The minimum absolute atomic E-state index is 0.0798. The molecule has 2 aromatic carbocycles. The van der Waals surface area contributed by atoms with Crippen LogP contribution in [0.25, 0.3) is 10.9 Å². The van der Waals surface area contributed by atoms with E-state index in [4.69, 9.17) is 14.2 Å². The molecule has 0 saturated carbocycles. The van der Waals surface area contributed by atoms with Gasteiger partial charge in [-0.2, -0.15) is 0 Å². The van der Waals surface area contributed by atoms with Crippen LogP contribution in [0, 0.1) is 0 Å². The first-order valence-corrected chi connectivity index (χ1v) is 9.60. The average molecular weight is 411 g/mol. The fourth-order valence-electron chi connectivity index (χ4n) is 3.20. The van der Waals surface area contributed by atoms with Crippen LogP contribution < -0.4 is 15.0 Å². The predicted octanol–water partition coefficient (Wildman–Crippen LogP) is 2.51. The number of rotatable bonds is 9. The lowest BCUT2D eigenvalue weighted by Gasteiger charge is -2.21. The van der Waals surface area contributed by atoms with Gasteiger partial charge < -0.3 is 19.2 Å². The lowest BCUT2D eigenvalue weighted by molar-refractivity contribution is -0.144. The second-order valence-corrected chi connectivity index (χ2v) is 6.67. The minimum Gasteiger partial charge on any atom is -0.493 e. The second kappa shape index (κ2) is 9.89. The Morgan fingerprint density at radius 3 is 2.43 bits per heavy atom. The Labute approximate surface area is 174 Å². The fourth-order valence-corrected chi connectivity index (χ4v) is 3.20. The maximum Gasteiger partial charge on any atom is 0.320 e. The number of fused-ring (bicyclic) bond motifs is 1. The first kappa shape index (κ1) is 21.3. The molecule has 1 N–H and O–H groups in total. The summed E-state index contributed by atoms with van der Waals surface area (Å²) < 4.78 is 15.7. The van der Waals surface area contributed by atoms with Crippen LogP contribution >= 0.6 is 0 Å². The molecule has 0 fully saturated rings. The highest BCUT2D eigenvalue weighted by Gasteiger charge is 2.16. The van der Waals surface area contributed by atoms with E-state index in [0.29, 0.717) is 41.4 Å². The molecule has 0 unspecified atom stereocenters. The number of nitrogens with one attached hydrogen (secondary N) is 1. The van der Waals surface area contributed by atoms with Crippen molar-refractivity contribution in [3.8, 4) is 11.5 Å². The zero-order chi connectivity index (χ0) is 21.5. The van der Waals surface area contributed by atoms with Crippen molar-refractivity contribution in [2.75, 3.05) is 27.4 Å². The number of hydrogen-bond acceptors (Lipinski definition) is 7. The number of carbonyl (C=O) groups is 1. The van der Waals surface area contributed by atoms with Crippen molar-refractivity contribution in [3.05, 3.63) is 64.2 Å². The third kappa shape index (κ3) is 5.15. The lowest BCUT2D eigenvalue weighted by atomic mass is 10.2. The average Bonchev–Trinajstić information content (AvgIpc) is 2.73. The molecule has 0 atom stereocenters. The Hall–Kier alpha value is -3.39. The van der Waals surface area contributed by atoms with E-state index < -0.39 is 0 Å². The van der Waals surface area contributed by atoms with Crippen LogP contribution in [-0.4, -0.2) is 48.2 Å². The number of aromatic amines is 1. The van der Waals surface area contributed by atoms with E-state index in [1.54, 1.807) is 19.1 Å². The van der Waals surface area contributed by atoms with Crippen molar-refractivity contribution in [2.45, 2.75) is 20.0 Å². The predicted molar refractivity (Wildman–Crippen MR) is 113 cm³/mol. The van der Waals surface area contributed by atoms with Gasteiger partial charge in [-0.1, -0.05) is 30.3 Å². The molecule has 0 aliphatic heterocycles. The van der Waals surface area contributed by atoms with E-state index >= 15 is 0 Å². The number of aromatic nitrogens is 2. The van der Waals surface area contributed by atoms with Gasteiger partial charge in [-0.25, -0.2) is 4.98 Å². The normalized spacial score (nSPS) is 10.9. The number of ether oxygens (including phenoxy) is 3. The second-order valence-electron chi connectivity index (χ2n) is 6.67. The molecule has 0 radical (unpaired) electrons. The highest BCUT2D eigenvalue weighted by molar-refractivity contribution is 5.81. The molecule has 158 valence electrons. The molecular weight excluding hydrogens is 386 g/mol. The van der Waals surface area contributed by atoms with Crippen molar-refractivity contribution in [3.63, 3.8) is 0 Å². The number of carbonyl (C=O) groups excluding carboxylic acids is 1. The zero-order valence-corrected chi connectivity index (χ0v) is 17.3. The van der Waals surface area contributed by atoms with Crippen LogP contribution in [0.1, 0.15) is 18.3 Å². The molecule has 0 bridgehead atoms. The van der Waals surface area contributed by atoms with E-state index in [9.17, 15) is 9.59 Å². The number of methoxy groups -OCH3 is 2. The Balaban J connectivity index is 1.92. The zero-order valence-electron chi connectivity index (χ0n) is 17.3. The maximum atomic E-state index is 12.6. The first-order valence-electron chi connectivity index (χ1n) is 9.60. The smallest absolute Gasteiger partial charge is 0.320 e. The Kier molecular flexibility index (Phi) is 7.03. The molecule has 3 aromatic rings.